The van der Waals surface area contributed by atoms with Crippen molar-refractivity contribution in [3.05, 3.63) is 35.4 Å². The van der Waals surface area contributed by atoms with Crippen molar-refractivity contribution in [1.82, 2.24) is 5.32 Å². The van der Waals surface area contributed by atoms with Crippen LogP contribution in [0.3, 0.4) is 0 Å². The second-order valence-electron chi connectivity index (χ2n) is 5.63. The van der Waals surface area contributed by atoms with Crippen molar-refractivity contribution in [3.8, 4) is 0 Å². The number of carbonyl (C=O) groups is 1. The molecule has 1 amide bonds. The van der Waals surface area contributed by atoms with E-state index in [1.807, 2.05) is 19.9 Å². The lowest BCUT2D eigenvalue weighted by Crippen LogP contribution is -2.34. The molecular weight excluding hydrogens is 226 g/mol. The van der Waals surface area contributed by atoms with Crippen molar-refractivity contribution in [3.63, 3.8) is 0 Å². The van der Waals surface area contributed by atoms with E-state index in [2.05, 4.69) is 44.3 Å². The number of nitrogens with one attached hydrogen (secondary N) is 1. The highest BCUT2D eigenvalue weighted by molar-refractivity contribution is 5.67. The third kappa shape index (κ3) is 4.40. The number of aryl methyl sites for hydroxylation is 1. The largest absolute Gasteiger partial charge is 0.449 e. The molecule has 1 aromatic rings. The summed E-state index contributed by atoms with van der Waals surface area (Å²) >= 11 is 0. The van der Waals surface area contributed by atoms with E-state index in [0.717, 1.165) is 0 Å². The van der Waals surface area contributed by atoms with Gasteiger partial charge in [0.15, 0.2) is 0 Å². The van der Waals surface area contributed by atoms with Gasteiger partial charge >= 0.3 is 6.09 Å². The molecule has 0 spiro atoms. The van der Waals surface area contributed by atoms with Crippen molar-refractivity contribution in [1.29, 1.82) is 0 Å². The van der Waals surface area contributed by atoms with Crippen LogP contribution in [0, 0.1) is 6.92 Å². The molecule has 0 fully saturated rings. The fourth-order valence-electron chi connectivity index (χ4n) is 1.67. The SMILES string of the molecule is Cc1cccc(C(C)(C)COC(=O)NC(C)C)c1. The second kappa shape index (κ2) is 5.89. The summed E-state index contributed by atoms with van der Waals surface area (Å²) in [6, 6.07) is 8.38. The van der Waals surface area contributed by atoms with Crippen molar-refractivity contribution in [2.75, 3.05) is 6.61 Å². The average Bonchev–Trinajstić information content (AvgIpc) is 2.26. The highest BCUT2D eigenvalue weighted by atomic mass is 16.5. The number of hydrogen-bond donors (Lipinski definition) is 1. The smallest absolute Gasteiger partial charge is 0.407 e. The summed E-state index contributed by atoms with van der Waals surface area (Å²) in [5.41, 5.74) is 2.22. The fourth-order valence-corrected chi connectivity index (χ4v) is 1.67. The predicted molar refractivity (Wildman–Crippen MR) is 73.8 cm³/mol. The molecule has 0 aliphatic carbocycles. The second-order valence-corrected chi connectivity index (χ2v) is 5.63. The molecule has 0 aliphatic rings. The number of rotatable bonds is 4. The summed E-state index contributed by atoms with van der Waals surface area (Å²) in [6.07, 6.45) is -0.356. The molecule has 1 aromatic carbocycles. The lowest BCUT2D eigenvalue weighted by atomic mass is 9.85. The van der Waals surface area contributed by atoms with Crippen LogP contribution in [0.1, 0.15) is 38.8 Å². The standard InChI is InChI=1S/C15H23NO2/c1-11(2)16-14(17)18-10-15(4,5)13-8-6-7-12(3)9-13/h6-9,11H,10H2,1-5H3,(H,16,17). The summed E-state index contributed by atoms with van der Waals surface area (Å²) in [6.45, 7) is 10.4. The van der Waals surface area contributed by atoms with Gasteiger partial charge in [-0.3, -0.25) is 0 Å². The van der Waals surface area contributed by atoms with Crippen LogP contribution in [0.4, 0.5) is 4.79 Å². The summed E-state index contributed by atoms with van der Waals surface area (Å²) in [5.74, 6) is 0. The Hall–Kier alpha value is -1.51. The minimum absolute atomic E-state index is 0.0968. The Labute approximate surface area is 110 Å². The van der Waals surface area contributed by atoms with Gasteiger partial charge in [0.2, 0.25) is 0 Å². The van der Waals surface area contributed by atoms with E-state index < -0.39 is 0 Å². The van der Waals surface area contributed by atoms with Crippen molar-refractivity contribution in [2.24, 2.45) is 0 Å². The molecule has 1 N–H and O–H groups in total. The molecular formula is C15H23NO2. The molecule has 1 rings (SSSR count). The van der Waals surface area contributed by atoms with Crippen LogP contribution in [0.2, 0.25) is 0 Å². The first-order valence-electron chi connectivity index (χ1n) is 6.32. The van der Waals surface area contributed by atoms with E-state index in [0.29, 0.717) is 6.61 Å². The van der Waals surface area contributed by atoms with E-state index in [1.54, 1.807) is 0 Å². The molecule has 0 bridgehead atoms. The maximum atomic E-state index is 11.5. The van der Waals surface area contributed by atoms with E-state index >= 15 is 0 Å². The molecule has 100 valence electrons. The van der Waals surface area contributed by atoms with Gasteiger partial charge in [-0.25, -0.2) is 4.79 Å². The minimum atomic E-state index is -0.356. The molecule has 0 saturated heterocycles. The van der Waals surface area contributed by atoms with Crippen molar-refractivity contribution in [2.45, 2.75) is 46.1 Å². The molecule has 0 unspecified atom stereocenters. The summed E-state index contributed by atoms with van der Waals surface area (Å²) in [7, 11) is 0. The van der Waals surface area contributed by atoms with E-state index in [9.17, 15) is 4.79 Å². The van der Waals surface area contributed by atoms with Gasteiger partial charge in [-0.05, 0) is 26.3 Å². The van der Waals surface area contributed by atoms with Crippen LogP contribution in [0.5, 0.6) is 0 Å². The number of carbonyl (C=O) groups excluding carboxylic acids is 1. The molecule has 0 radical (unpaired) electrons. The third-order valence-corrected chi connectivity index (χ3v) is 2.77. The first-order chi connectivity index (χ1) is 8.31. The maximum absolute atomic E-state index is 11.5. The zero-order valence-corrected chi connectivity index (χ0v) is 11.9. The first kappa shape index (κ1) is 14.6. The highest BCUT2D eigenvalue weighted by Gasteiger charge is 2.23. The Morgan fingerprint density at radius 1 is 1.39 bits per heavy atom. The van der Waals surface area contributed by atoms with Crippen LogP contribution in [-0.2, 0) is 10.2 Å². The first-order valence-corrected chi connectivity index (χ1v) is 6.32. The third-order valence-electron chi connectivity index (χ3n) is 2.77. The van der Waals surface area contributed by atoms with Crippen LogP contribution in [0.25, 0.3) is 0 Å². The predicted octanol–water partition coefficient (Wildman–Crippen LogP) is 3.41. The van der Waals surface area contributed by atoms with Crippen LogP contribution >= 0.6 is 0 Å². The van der Waals surface area contributed by atoms with Gasteiger partial charge in [-0.1, -0.05) is 43.7 Å². The normalized spacial score (nSPS) is 11.4. The van der Waals surface area contributed by atoms with E-state index in [1.165, 1.54) is 11.1 Å². The monoisotopic (exact) mass is 249 g/mol. The maximum Gasteiger partial charge on any atom is 0.407 e. The number of benzene rings is 1. The van der Waals surface area contributed by atoms with Crippen LogP contribution in [0.15, 0.2) is 24.3 Å². The molecule has 18 heavy (non-hydrogen) atoms. The summed E-state index contributed by atoms with van der Waals surface area (Å²) in [5, 5.41) is 2.72. The number of hydrogen-bond acceptors (Lipinski definition) is 2. The Balaban J connectivity index is 2.62. The molecule has 0 aliphatic heterocycles. The zero-order valence-electron chi connectivity index (χ0n) is 11.9. The van der Waals surface area contributed by atoms with Gasteiger partial charge in [0, 0.05) is 11.5 Å². The van der Waals surface area contributed by atoms with Crippen LogP contribution < -0.4 is 5.32 Å². The van der Waals surface area contributed by atoms with Gasteiger partial charge in [-0.15, -0.1) is 0 Å². The molecule has 3 heteroatoms. The van der Waals surface area contributed by atoms with Gasteiger partial charge in [0.1, 0.15) is 6.61 Å². The Bertz CT molecular complexity index is 411. The van der Waals surface area contributed by atoms with Gasteiger partial charge < -0.3 is 10.1 Å². The zero-order chi connectivity index (χ0) is 13.8. The topological polar surface area (TPSA) is 38.3 Å². The minimum Gasteiger partial charge on any atom is -0.449 e. The van der Waals surface area contributed by atoms with E-state index in [-0.39, 0.29) is 17.6 Å². The van der Waals surface area contributed by atoms with Crippen molar-refractivity contribution >= 4 is 6.09 Å². The van der Waals surface area contributed by atoms with Crippen molar-refractivity contribution < 1.29 is 9.53 Å². The van der Waals surface area contributed by atoms with Gasteiger partial charge in [0.05, 0.1) is 0 Å². The Morgan fingerprint density at radius 2 is 2.06 bits per heavy atom. The summed E-state index contributed by atoms with van der Waals surface area (Å²) in [4.78, 5) is 11.5. The Kier molecular flexibility index (Phi) is 4.76. The molecule has 0 aromatic heterocycles. The quantitative estimate of drug-likeness (QED) is 0.888. The molecule has 0 heterocycles. The summed E-state index contributed by atoms with van der Waals surface area (Å²) < 4.78 is 5.26. The molecule has 0 saturated carbocycles. The molecule has 3 nitrogen and oxygen atoms in total. The Morgan fingerprint density at radius 3 is 2.61 bits per heavy atom. The highest BCUT2D eigenvalue weighted by Crippen LogP contribution is 2.24. The van der Waals surface area contributed by atoms with Crippen LogP contribution in [-0.4, -0.2) is 18.7 Å². The number of amides is 1. The number of ether oxygens (including phenoxy) is 1. The average molecular weight is 249 g/mol. The van der Waals surface area contributed by atoms with Gasteiger partial charge in [-0.2, -0.15) is 0 Å². The lowest BCUT2D eigenvalue weighted by molar-refractivity contribution is 0.121. The number of alkyl carbamates (subject to hydrolysis) is 1. The van der Waals surface area contributed by atoms with Gasteiger partial charge in [0.25, 0.3) is 0 Å². The fraction of sp³-hybridized carbons (Fsp3) is 0.533. The lowest BCUT2D eigenvalue weighted by Gasteiger charge is -2.25. The molecule has 0 atom stereocenters. The van der Waals surface area contributed by atoms with E-state index in [4.69, 9.17) is 4.74 Å².